The highest BCUT2D eigenvalue weighted by atomic mass is 79.9. The van der Waals surface area contributed by atoms with Gasteiger partial charge in [0.2, 0.25) is 5.91 Å². The lowest BCUT2D eigenvalue weighted by molar-refractivity contribution is -0.274. The van der Waals surface area contributed by atoms with Gasteiger partial charge in [0.25, 0.3) is 0 Å². The van der Waals surface area contributed by atoms with Gasteiger partial charge >= 0.3 is 6.36 Å². The van der Waals surface area contributed by atoms with Gasteiger partial charge in [-0.05, 0) is 28.1 Å². The molecule has 1 amide bonds. The second kappa shape index (κ2) is 6.48. The number of nitrogens with zero attached hydrogens (tertiary/aromatic N) is 2. The number of hydrogen-bond donors (Lipinski definition) is 1. The molecule has 0 aromatic heterocycles. The summed E-state index contributed by atoms with van der Waals surface area (Å²) in [6.45, 7) is 0. The Morgan fingerprint density at radius 2 is 2.19 bits per heavy atom. The highest BCUT2D eigenvalue weighted by Gasteiger charge is 2.32. The Morgan fingerprint density at radius 1 is 1.43 bits per heavy atom. The fourth-order valence-electron chi connectivity index (χ4n) is 1.37. The predicted molar refractivity (Wildman–Crippen MR) is 76.5 cm³/mol. The van der Waals surface area contributed by atoms with Gasteiger partial charge in [-0.1, -0.05) is 17.8 Å². The third kappa shape index (κ3) is 4.74. The van der Waals surface area contributed by atoms with Crippen molar-refractivity contribution in [3.8, 4) is 5.75 Å². The van der Waals surface area contributed by atoms with Gasteiger partial charge in [0.15, 0.2) is 5.17 Å². The van der Waals surface area contributed by atoms with Gasteiger partial charge in [-0.2, -0.15) is 5.10 Å². The third-order valence-electron chi connectivity index (χ3n) is 2.16. The van der Waals surface area contributed by atoms with E-state index in [2.05, 4.69) is 36.2 Å². The molecular formula is C11H7BrF3N3O2S. The highest BCUT2D eigenvalue weighted by Crippen LogP contribution is 2.30. The second-order valence-corrected chi connectivity index (χ2v) is 5.50. The van der Waals surface area contributed by atoms with E-state index >= 15 is 0 Å². The molecular weight excluding hydrogens is 375 g/mol. The monoisotopic (exact) mass is 381 g/mol. The molecule has 10 heteroatoms. The molecule has 0 bridgehead atoms. The molecule has 2 rings (SSSR count). The van der Waals surface area contributed by atoms with Crippen LogP contribution in [0.1, 0.15) is 5.56 Å². The Kier molecular flexibility index (Phi) is 4.88. The summed E-state index contributed by atoms with van der Waals surface area (Å²) in [4.78, 5) is 10.9. The van der Waals surface area contributed by atoms with Crippen molar-refractivity contribution < 1.29 is 22.7 Å². The second-order valence-electron chi connectivity index (χ2n) is 3.69. The van der Waals surface area contributed by atoms with Crippen LogP contribution in [-0.2, 0) is 4.79 Å². The molecule has 5 nitrogen and oxygen atoms in total. The maximum Gasteiger partial charge on any atom is 0.573 e. The molecule has 0 aliphatic carbocycles. The van der Waals surface area contributed by atoms with E-state index in [1.54, 1.807) is 6.07 Å². The number of hydrogen-bond acceptors (Lipinski definition) is 5. The van der Waals surface area contributed by atoms with Crippen LogP contribution in [0, 0.1) is 0 Å². The van der Waals surface area contributed by atoms with Crippen molar-refractivity contribution in [2.24, 2.45) is 10.2 Å². The first-order valence-electron chi connectivity index (χ1n) is 5.43. The van der Waals surface area contributed by atoms with Crippen LogP contribution >= 0.6 is 27.7 Å². The van der Waals surface area contributed by atoms with Crippen molar-refractivity contribution in [1.29, 1.82) is 0 Å². The molecule has 1 fully saturated rings. The molecule has 0 unspecified atom stereocenters. The average molecular weight is 382 g/mol. The number of halogens is 4. The summed E-state index contributed by atoms with van der Waals surface area (Å²) in [5, 5.41) is 10.1. The highest BCUT2D eigenvalue weighted by molar-refractivity contribution is 9.10. The van der Waals surface area contributed by atoms with Crippen LogP contribution in [0.2, 0.25) is 0 Å². The lowest BCUT2D eigenvalue weighted by Crippen LogP contribution is -2.19. The summed E-state index contributed by atoms with van der Waals surface area (Å²) in [7, 11) is 0. The van der Waals surface area contributed by atoms with Crippen molar-refractivity contribution in [2.75, 3.05) is 5.75 Å². The number of nitrogens with one attached hydrogen (secondary N) is 1. The summed E-state index contributed by atoms with van der Waals surface area (Å²) in [5.41, 5.74) is 0.0912. The van der Waals surface area contributed by atoms with Gasteiger partial charge in [-0.25, -0.2) is 0 Å². The molecule has 0 spiro atoms. The number of amides is 1. The van der Waals surface area contributed by atoms with Crippen molar-refractivity contribution in [3.05, 3.63) is 28.2 Å². The lowest BCUT2D eigenvalue weighted by atomic mass is 10.2. The van der Waals surface area contributed by atoms with Gasteiger partial charge < -0.3 is 10.1 Å². The number of rotatable bonds is 3. The lowest BCUT2D eigenvalue weighted by Gasteiger charge is -2.11. The molecule has 112 valence electrons. The van der Waals surface area contributed by atoms with Crippen LogP contribution < -0.4 is 10.1 Å². The van der Waals surface area contributed by atoms with E-state index in [0.717, 1.165) is 18.0 Å². The smallest absolute Gasteiger partial charge is 0.405 e. The number of carbonyl (C=O) groups excluding carboxylic acids is 1. The Morgan fingerprint density at radius 3 is 2.81 bits per heavy atom. The quantitative estimate of drug-likeness (QED) is 0.646. The van der Waals surface area contributed by atoms with Gasteiger partial charge in [0.05, 0.1) is 17.5 Å². The molecule has 0 radical (unpaired) electrons. The van der Waals surface area contributed by atoms with E-state index < -0.39 is 12.1 Å². The zero-order chi connectivity index (χ0) is 15.5. The maximum absolute atomic E-state index is 12.3. The molecule has 1 aromatic rings. The van der Waals surface area contributed by atoms with Crippen LogP contribution in [0.5, 0.6) is 5.75 Å². The molecule has 1 N–H and O–H groups in total. The Labute approximate surface area is 129 Å². The fourth-order valence-corrected chi connectivity index (χ4v) is 2.46. The van der Waals surface area contributed by atoms with E-state index in [0.29, 0.717) is 9.64 Å². The maximum atomic E-state index is 12.3. The van der Waals surface area contributed by atoms with Crippen LogP contribution in [-0.4, -0.2) is 29.4 Å². The van der Waals surface area contributed by atoms with E-state index in [4.69, 9.17) is 0 Å². The Balaban J connectivity index is 2.20. The van der Waals surface area contributed by atoms with Crippen molar-refractivity contribution in [1.82, 2.24) is 5.32 Å². The molecule has 0 atom stereocenters. The molecule has 1 aliphatic rings. The number of thioether (sulfide) groups is 1. The normalized spacial score (nSPS) is 17.5. The summed E-state index contributed by atoms with van der Waals surface area (Å²) >= 11 is 4.27. The van der Waals surface area contributed by atoms with Gasteiger partial charge in [0, 0.05) is 4.47 Å². The molecule has 21 heavy (non-hydrogen) atoms. The van der Waals surface area contributed by atoms with E-state index in [1.165, 1.54) is 12.1 Å². The van der Waals surface area contributed by atoms with Crippen molar-refractivity contribution in [3.63, 3.8) is 0 Å². The van der Waals surface area contributed by atoms with Crippen LogP contribution in [0.15, 0.2) is 32.9 Å². The minimum absolute atomic E-state index is 0.0912. The van der Waals surface area contributed by atoms with Crippen molar-refractivity contribution in [2.45, 2.75) is 6.36 Å². The Hall–Kier alpha value is -1.55. The van der Waals surface area contributed by atoms with Crippen LogP contribution in [0.3, 0.4) is 0 Å². The number of alkyl halides is 3. The first kappa shape index (κ1) is 15.8. The zero-order valence-corrected chi connectivity index (χ0v) is 12.6. The topological polar surface area (TPSA) is 63.0 Å². The predicted octanol–water partition coefficient (Wildman–Crippen LogP) is 2.90. The van der Waals surface area contributed by atoms with Gasteiger partial charge in [-0.15, -0.1) is 18.3 Å². The van der Waals surface area contributed by atoms with E-state index in [-0.39, 0.29) is 17.2 Å². The average Bonchev–Trinajstić information content (AvgIpc) is 2.77. The first-order chi connectivity index (χ1) is 9.85. The standard InChI is InChI=1S/C11H7BrF3N3O2S/c12-7-2-1-3-8(20-11(13,14)15)6(7)4-16-18-10-17-9(19)5-21-10/h1-4H,5H2,(H,17,18,19). The minimum atomic E-state index is -4.80. The van der Waals surface area contributed by atoms with E-state index in [1.807, 2.05) is 0 Å². The molecule has 1 aliphatic heterocycles. The summed E-state index contributed by atoms with van der Waals surface area (Å²) < 4.78 is 41.2. The van der Waals surface area contributed by atoms with Crippen molar-refractivity contribution >= 4 is 45.0 Å². The molecule has 1 aromatic carbocycles. The molecule has 1 heterocycles. The number of carbonyl (C=O) groups is 1. The van der Waals surface area contributed by atoms with E-state index in [9.17, 15) is 18.0 Å². The van der Waals surface area contributed by atoms with Crippen LogP contribution in [0.25, 0.3) is 0 Å². The number of amidine groups is 1. The summed E-state index contributed by atoms with van der Waals surface area (Å²) in [6.07, 6.45) is -3.69. The van der Waals surface area contributed by atoms with Crippen LogP contribution in [0.4, 0.5) is 13.2 Å². The fraction of sp³-hybridized carbons (Fsp3) is 0.182. The first-order valence-corrected chi connectivity index (χ1v) is 7.21. The number of benzene rings is 1. The molecule has 1 saturated heterocycles. The minimum Gasteiger partial charge on any atom is -0.405 e. The zero-order valence-electron chi connectivity index (χ0n) is 10.1. The number of ether oxygens (including phenoxy) is 1. The summed E-state index contributed by atoms with van der Waals surface area (Å²) in [6, 6.07) is 4.12. The largest absolute Gasteiger partial charge is 0.573 e. The molecule has 0 saturated carbocycles. The van der Waals surface area contributed by atoms with Gasteiger partial charge in [0.1, 0.15) is 5.75 Å². The Bertz CT molecular complexity index is 619. The third-order valence-corrected chi connectivity index (χ3v) is 3.72. The van der Waals surface area contributed by atoms with Gasteiger partial charge in [-0.3, -0.25) is 4.79 Å². The summed E-state index contributed by atoms with van der Waals surface area (Å²) in [5.74, 6) is -0.355. The SMILES string of the molecule is O=C1CSC(=NN=Cc2c(Br)cccc2OC(F)(F)F)N1.